The van der Waals surface area contributed by atoms with Crippen molar-refractivity contribution in [2.75, 3.05) is 19.6 Å². The van der Waals surface area contributed by atoms with E-state index in [1.807, 2.05) is 0 Å². The summed E-state index contributed by atoms with van der Waals surface area (Å²) in [5.41, 5.74) is 2.61. The van der Waals surface area contributed by atoms with Crippen LogP contribution in [0, 0.1) is 0 Å². The highest BCUT2D eigenvalue weighted by Crippen LogP contribution is 2.25. The molecule has 1 heterocycles. The molecule has 0 bridgehead atoms. The first kappa shape index (κ1) is 16.9. The van der Waals surface area contributed by atoms with Gasteiger partial charge in [0, 0.05) is 30.7 Å². The van der Waals surface area contributed by atoms with Crippen molar-refractivity contribution < 1.29 is 4.74 Å². The van der Waals surface area contributed by atoms with Gasteiger partial charge in [0.25, 0.3) is 0 Å². The average Bonchev–Trinajstić information content (AvgIpc) is 2.37. The summed E-state index contributed by atoms with van der Waals surface area (Å²) < 4.78 is 7.18. The Labute approximate surface area is 137 Å². The standard InChI is InChI=1S/C17H27BrN2O/c1-5-19-9-14-6-7-15(16(18)8-14)11-20-10-13(2)21-17(3,4)12-20/h6-8,13,19H,5,9-12H2,1-4H3. The molecule has 0 amide bonds. The van der Waals surface area contributed by atoms with E-state index in [0.29, 0.717) is 6.10 Å². The number of halogens is 1. The van der Waals surface area contributed by atoms with Crippen molar-refractivity contribution in [1.82, 2.24) is 10.2 Å². The summed E-state index contributed by atoms with van der Waals surface area (Å²) in [5.74, 6) is 0. The molecule has 0 saturated carbocycles. The summed E-state index contributed by atoms with van der Waals surface area (Å²) in [4.78, 5) is 2.48. The van der Waals surface area contributed by atoms with Gasteiger partial charge in [-0.15, -0.1) is 0 Å². The summed E-state index contributed by atoms with van der Waals surface area (Å²) in [6, 6.07) is 6.69. The second-order valence-corrected chi connectivity index (χ2v) is 7.42. The van der Waals surface area contributed by atoms with E-state index in [9.17, 15) is 0 Å². The van der Waals surface area contributed by atoms with Crippen LogP contribution in [-0.2, 0) is 17.8 Å². The van der Waals surface area contributed by atoms with E-state index in [4.69, 9.17) is 4.74 Å². The lowest BCUT2D eigenvalue weighted by Gasteiger charge is -2.41. The molecule has 4 heteroatoms. The van der Waals surface area contributed by atoms with Crippen LogP contribution in [0.2, 0.25) is 0 Å². The van der Waals surface area contributed by atoms with Crippen LogP contribution in [0.3, 0.4) is 0 Å². The number of morpholine rings is 1. The zero-order valence-corrected chi connectivity index (χ0v) is 15.2. The molecule has 1 fully saturated rings. The zero-order chi connectivity index (χ0) is 15.5. The van der Waals surface area contributed by atoms with Crippen LogP contribution in [0.4, 0.5) is 0 Å². The van der Waals surface area contributed by atoms with Gasteiger partial charge >= 0.3 is 0 Å². The van der Waals surface area contributed by atoms with Crippen LogP contribution >= 0.6 is 15.9 Å². The molecule has 118 valence electrons. The van der Waals surface area contributed by atoms with Crippen LogP contribution in [-0.4, -0.2) is 36.2 Å². The first-order chi connectivity index (χ1) is 9.89. The van der Waals surface area contributed by atoms with Crippen LogP contribution < -0.4 is 5.32 Å². The molecule has 2 rings (SSSR count). The van der Waals surface area contributed by atoms with Gasteiger partial charge in [-0.1, -0.05) is 35.0 Å². The van der Waals surface area contributed by atoms with Gasteiger partial charge in [0.1, 0.15) is 0 Å². The Morgan fingerprint density at radius 3 is 2.81 bits per heavy atom. The van der Waals surface area contributed by atoms with Crippen LogP contribution in [0.1, 0.15) is 38.8 Å². The lowest BCUT2D eigenvalue weighted by Crippen LogP contribution is -2.51. The van der Waals surface area contributed by atoms with E-state index >= 15 is 0 Å². The Morgan fingerprint density at radius 1 is 1.43 bits per heavy atom. The van der Waals surface area contributed by atoms with Gasteiger partial charge in [-0.3, -0.25) is 4.90 Å². The van der Waals surface area contributed by atoms with Crippen molar-refractivity contribution in [2.45, 2.75) is 52.5 Å². The quantitative estimate of drug-likeness (QED) is 0.874. The molecule has 1 aliphatic heterocycles. The molecule has 0 spiro atoms. The Kier molecular flexibility index (Phi) is 5.83. The van der Waals surface area contributed by atoms with Crippen molar-refractivity contribution in [2.24, 2.45) is 0 Å². The van der Waals surface area contributed by atoms with Gasteiger partial charge < -0.3 is 10.1 Å². The van der Waals surface area contributed by atoms with Gasteiger partial charge in [-0.05, 0) is 44.5 Å². The predicted octanol–water partition coefficient (Wildman–Crippen LogP) is 3.56. The third kappa shape index (κ3) is 5.06. The van der Waals surface area contributed by atoms with E-state index in [2.05, 4.69) is 72.0 Å². The number of nitrogens with zero attached hydrogens (tertiary/aromatic N) is 1. The normalized spacial score (nSPS) is 22.4. The topological polar surface area (TPSA) is 24.5 Å². The molecule has 1 saturated heterocycles. The largest absolute Gasteiger partial charge is 0.370 e. The van der Waals surface area contributed by atoms with Crippen molar-refractivity contribution in [3.63, 3.8) is 0 Å². The maximum absolute atomic E-state index is 5.97. The van der Waals surface area contributed by atoms with E-state index < -0.39 is 0 Å². The Bertz CT molecular complexity index is 476. The number of hydrogen-bond donors (Lipinski definition) is 1. The van der Waals surface area contributed by atoms with Crippen molar-refractivity contribution in [3.8, 4) is 0 Å². The van der Waals surface area contributed by atoms with E-state index in [1.54, 1.807) is 0 Å². The molecule has 21 heavy (non-hydrogen) atoms. The summed E-state index contributed by atoms with van der Waals surface area (Å²) in [5, 5.41) is 3.36. The minimum absolute atomic E-state index is 0.0604. The average molecular weight is 355 g/mol. The molecule has 0 aromatic heterocycles. The minimum atomic E-state index is -0.0604. The monoisotopic (exact) mass is 354 g/mol. The molecule has 0 radical (unpaired) electrons. The van der Waals surface area contributed by atoms with Gasteiger partial charge in [0.15, 0.2) is 0 Å². The Hall–Kier alpha value is -0.420. The first-order valence-electron chi connectivity index (χ1n) is 7.78. The highest BCUT2D eigenvalue weighted by atomic mass is 79.9. The van der Waals surface area contributed by atoms with Gasteiger partial charge in [-0.25, -0.2) is 0 Å². The SMILES string of the molecule is CCNCc1ccc(CN2CC(C)OC(C)(C)C2)c(Br)c1. The Morgan fingerprint density at radius 2 is 2.19 bits per heavy atom. The molecule has 1 aromatic carbocycles. The smallest absolute Gasteiger partial charge is 0.0757 e. The molecule has 1 unspecified atom stereocenters. The fourth-order valence-corrected chi connectivity index (χ4v) is 3.60. The van der Waals surface area contributed by atoms with Crippen LogP contribution in [0.25, 0.3) is 0 Å². The third-order valence-corrected chi connectivity index (χ3v) is 4.47. The molecular formula is C17H27BrN2O. The van der Waals surface area contributed by atoms with E-state index in [0.717, 1.165) is 32.7 Å². The number of rotatable bonds is 5. The second-order valence-electron chi connectivity index (χ2n) is 6.56. The van der Waals surface area contributed by atoms with Crippen molar-refractivity contribution in [3.05, 3.63) is 33.8 Å². The predicted molar refractivity (Wildman–Crippen MR) is 91.4 cm³/mol. The zero-order valence-electron chi connectivity index (χ0n) is 13.6. The molecular weight excluding hydrogens is 328 g/mol. The van der Waals surface area contributed by atoms with Gasteiger partial charge in [-0.2, -0.15) is 0 Å². The fourth-order valence-electron chi connectivity index (χ4n) is 3.05. The first-order valence-corrected chi connectivity index (χ1v) is 8.57. The molecule has 1 atom stereocenters. The van der Waals surface area contributed by atoms with E-state index in [1.165, 1.54) is 15.6 Å². The summed E-state index contributed by atoms with van der Waals surface area (Å²) in [6.45, 7) is 13.5. The van der Waals surface area contributed by atoms with Crippen LogP contribution in [0.5, 0.6) is 0 Å². The highest BCUT2D eigenvalue weighted by Gasteiger charge is 2.31. The Balaban J connectivity index is 2.02. The lowest BCUT2D eigenvalue weighted by atomic mass is 10.0. The van der Waals surface area contributed by atoms with Crippen LogP contribution in [0.15, 0.2) is 22.7 Å². The number of ether oxygens (including phenoxy) is 1. The minimum Gasteiger partial charge on any atom is -0.370 e. The molecule has 3 nitrogen and oxygen atoms in total. The third-order valence-electron chi connectivity index (χ3n) is 3.73. The number of benzene rings is 1. The number of nitrogens with one attached hydrogen (secondary N) is 1. The summed E-state index contributed by atoms with van der Waals surface area (Å²) in [6.07, 6.45) is 0.292. The molecule has 1 aliphatic rings. The molecule has 0 aliphatic carbocycles. The maximum Gasteiger partial charge on any atom is 0.0757 e. The summed E-state index contributed by atoms with van der Waals surface area (Å²) in [7, 11) is 0. The molecule has 1 aromatic rings. The fraction of sp³-hybridized carbons (Fsp3) is 0.647. The van der Waals surface area contributed by atoms with Crippen molar-refractivity contribution >= 4 is 15.9 Å². The van der Waals surface area contributed by atoms with E-state index in [-0.39, 0.29) is 5.60 Å². The van der Waals surface area contributed by atoms with Gasteiger partial charge in [0.2, 0.25) is 0 Å². The maximum atomic E-state index is 5.97. The van der Waals surface area contributed by atoms with Crippen molar-refractivity contribution in [1.29, 1.82) is 0 Å². The van der Waals surface area contributed by atoms with Gasteiger partial charge in [0.05, 0.1) is 11.7 Å². The number of hydrogen-bond acceptors (Lipinski definition) is 3. The summed E-state index contributed by atoms with van der Waals surface area (Å²) >= 11 is 3.72. The highest BCUT2D eigenvalue weighted by molar-refractivity contribution is 9.10. The molecule has 1 N–H and O–H groups in total. The lowest BCUT2D eigenvalue weighted by molar-refractivity contribution is -0.130. The second kappa shape index (κ2) is 7.23.